The first-order valence-corrected chi connectivity index (χ1v) is 4.43. The summed E-state index contributed by atoms with van der Waals surface area (Å²) in [5, 5.41) is 0. The van der Waals surface area contributed by atoms with E-state index >= 15 is 0 Å². The summed E-state index contributed by atoms with van der Waals surface area (Å²) < 4.78 is 5.20. The highest BCUT2D eigenvalue weighted by molar-refractivity contribution is 6.01. The van der Waals surface area contributed by atoms with Crippen LogP contribution < -0.4 is 0 Å². The predicted octanol–water partition coefficient (Wildman–Crippen LogP) is 0.299. The quantitative estimate of drug-likeness (QED) is 0.453. The topological polar surface area (TPSA) is 29.5 Å². The molecule has 1 heterocycles. The van der Waals surface area contributed by atoms with Crippen molar-refractivity contribution < 1.29 is 9.53 Å². The second-order valence-corrected chi connectivity index (χ2v) is 3.63. The number of ketones is 1. The molecule has 0 amide bonds. The van der Waals surface area contributed by atoms with E-state index in [1.54, 1.807) is 0 Å². The Morgan fingerprint density at radius 2 is 2.00 bits per heavy atom. The maximum atomic E-state index is 11.4. The highest BCUT2D eigenvalue weighted by Gasteiger charge is 2.33. The molecular weight excluding hydrogens is 166 g/mol. The summed E-state index contributed by atoms with van der Waals surface area (Å²) in [6.45, 7) is 6.64. The van der Waals surface area contributed by atoms with E-state index in [-0.39, 0.29) is 5.78 Å². The molecule has 1 rings (SSSR count). The van der Waals surface area contributed by atoms with Gasteiger partial charge in [0.05, 0.1) is 18.8 Å². The Kier molecular flexibility index (Phi) is 3.07. The van der Waals surface area contributed by atoms with E-state index in [2.05, 4.69) is 10.8 Å². The summed E-state index contributed by atoms with van der Waals surface area (Å²) in [4.78, 5) is 13.5. The van der Waals surface area contributed by atoms with Crippen LogP contribution in [0, 0.1) is 12.3 Å². The van der Waals surface area contributed by atoms with Gasteiger partial charge >= 0.3 is 0 Å². The maximum Gasteiger partial charge on any atom is 0.224 e. The first-order chi connectivity index (χ1) is 6.09. The van der Waals surface area contributed by atoms with Crippen molar-refractivity contribution in [2.24, 2.45) is 0 Å². The van der Waals surface area contributed by atoms with Crippen molar-refractivity contribution in [2.45, 2.75) is 19.4 Å². The van der Waals surface area contributed by atoms with E-state index in [1.807, 2.05) is 13.8 Å². The van der Waals surface area contributed by atoms with Crippen LogP contribution in [0.3, 0.4) is 0 Å². The molecule has 3 nitrogen and oxygen atoms in total. The summed E-state index contributed by atoms with van der Waals surface area (Å²) in [6, 6.07) is 0. The van der Waals surface area contributed by atoms with Gasteiger partial charge in [0.15, 0.2) is 0 Å². The van der Waals surface area contributed by atoms with Crippen molar-refractivity contribution in [3.8, 4) is 12.3 Å². The number of nitrogens with zero attached hydrogens (tertiary/aromatic N) is 1. The normalized spacial score (nSPS) is 19.5. The summed E-state index contributed by atoms with van der Waals surface area (Å²) >= 11 is 0. The molecule has 0 aliphatic carbocycles. The molecule has 0 aromatic heterocycles. The van der Waals surface area contributed by atoms with E-state index in [0.717, 1.165) is 13.1 Å². The van der Waals surface area contributed by atoms with Crippen molar-refractivity contribution in [3.63, 3.8) is 0 Å². The molecular formula is C10H15NO2. The molecule has 0 atom stereocenters. The van der Waals surface area contributed by atoms with E-state index in [1.165, 1.54) is 0 Å². The van der Waals surface area contributed by atoms with Gasteiger partial charge in [0.25, 0.3) is 0 Å². The molecule has 0 bridgehead atoms. The third-order valence-electron chi connectivity index (χ3n) is 2.49. The van der Waals surface area contributed by atoms with Crippen LogP contribution in [0.5, 0.6) is 0 Å². The summed E-state index contributed by atoms with van der Waals surface area (Å²) in [7, 11) is 0. The third kappa shape index (κ3) is 2.09. The van der Waals surface area contributed by atoms with Crippen molar-refractivity contribution in [3.05, 3.63) is 0 Å². The second-order valence-electron chi connectivity index (χ2n) is 3.63. The fraction of sp³-hybridized carbons (Fsp3) is 0.700. The lowest BCUT2D eigenvalue weighted by Gasteiger charge is -2.38. The lowest BCUT2D eigenvalue weighted by molar-refractivity contribution is -0.126. The van der Waals surface area contributed by atoms with Crippen LogP contribution >= 0.6 is 0 Å². The fourth-order valence-corrected chi connectivity index (χ4v) is 1.44. The Balaban J connectivity index is 2.67. The molecule has 1 saturated heterocycles. The highest BCUT2D eigenvalue weighted by atomic mass is 16.5. The molecule has 13 heavy (non-hydrogen) atoms. The van der Waals surface area contributed by atoms with Crippen molar-refractivity contribution in [2.75, 3.05) is 26.3 Å². The molecule has 3 heteroatoms. The minimum atomic E-state index is -0.543. The number of morpholine rings is 1. The first-order valence-electron chi connectivity index (χ1n) is 4.43. The van der Waals surface area contributed by atoms with E-state index in [0.29, 0.717) is 13.2 Å². The Labute approximate surface area is 79.1 Å². The Morgan fingerprint density at radius 3 is 2.46 bits per heavy atom. The van der Waals surface area contributed by atoms with Crippen LogP contribution in [-0.2, 0) is 9.53 Å². The number of carbonyl (C=O) groups excluding carboxylic acids is 1. The molecule has 1 aliphatic heterocycles. The average Bonchev–Trinajstić information content (AvgIpc) is 2.18. The van der Waals surface area contributed by atoms with Crippen LogP contribution in [-0.4, -0.2) is 42.5 Å². The molecule has 0 aromatic carbocycles. The number of ether oxygens (including phenoxy) is 1. The van der Waals surface area contributed by atoms with Crippen LogP contribution in [0.15, 0.2) is 0 Å². The molecule has 1 aliphatic rings. The van der Waals surface area contributed by atoms with E-state index in [4.69, 9.17) is 11.2 Å². The van der Waals surface area contributed by atoms with Crippen molar-refractivity contribution in [1.29, 1.82) is 0 Å². The van der Waals surface area contributed by atoms with Gasteiger partial charge in [-0.3, -0.25) is 9.69 Å². The highest BCUT2D eigenvalue weighted by Crippen LogP contribution is 2.16. The van der Waals surface area contributed by atoms with Gasteiger partial charge in [0.2, 0.25) is 5.78 Å². The van der Waals surface area contributed by atoms with Gasteiger partial charge in [-0.25, -0.2) is 0 Å². The van der Waals surface area contributed by atoms with Crippen LogP contribution in [0.25, 0.3) is 0 Å². The van der Waals surface area contributed by atoms with Gasteiger partial charge < -0.3 is 4.74 Å². The second kappa shape index (κ2) is 3.91. The van der Waals surface area contributed by atoms with Gasteiger partial charge in [-0.05, 0) is 19.8 Å². The zero-order valence-corrected chi connectivity index (χ0v) is 8.17. The summed E-state index contributed by atoms with van der Waals surface area (Å²) in [6.07, 6.45) is 5.11. The number of Topliss-reactive ketones (excluding diaryl/α,β-unsaturated/α-hetero) is 1. The lowest BCUT2D eigenvalue weighted by Crippen LogP contribution is -2.54. The van der Waals surface area contributed by atoms with Gasteiger partial charge in [0.1, 0.15) is 0 Å². The van der Waals surface area contributed by atoms with Gasteiger partial charge in [0, 0.05) is 13.1 Å². The first kappa shape index (κ1) is 10.2. The van der Waals surface area contributed by atoms with Crippen LogP contribution in [0.2, 0.25) is 0 Å². The van der Waals surface area contributed by atoms with Crippen LogP contribution in [0.1, 0.15) is 13.8 Å². The lowest BCUT2D eigenvalue weighted by atomic mass is 9.96. The Morgan fingerprint density at radius 1 is 1.46 bits per heavy atom. The number of carbonyl (C=O) groups is 1. The zero-order chi connectivity index (χ0) is 9.90. The van der Waals surface area contributed by atoms with Crippen molar-refractivity contribution in [1.82, 2.24) is 4.90 Å². The third-order valence-corrected chi connectivity index (χ3v) is 2.49. The fourth-order valence-electron chi connectivity index (χ4n) is 1.44. The SMILES string of the molecule is C#CC(=O)C(C)(C)N1CCOCC1. The standard InChI is InChI=1S/C10H15NO2/c1-4-9(12)10(2,3)11-5-7-13-8-6-11/h1H,5-8H2,2-3H3. The number of rotatable bonds is 2. The summed E-state index contributed by atoms with van der Waals surface area (Å²) in [5.74, 6) is 2.02. The molecule has 0 aromatic rings. The molecule has 0 spiro atoms. The summed E-state index contributed by atoms with van der Waals surface area (Å²) in [5.41, 5.74) is -0.543. The molecule has 0 saturated carbocycles. The largest absolute Gasteiger partial charge is 0.379 e. The van der Waals surface area contributed by atoms with Crippen LogP contribution in [0.4, 0.5) is 0 Å². The zero-order valence-electron chi connectivity index (χ0n) is 8.17. The van der Waals surface area contributed by atoms with E-state index < -0.39 is 5.54 Å². The number of terminal acetylenes is 1. The Bertz CT molecular complexity index is 234. The monoisotopic (exact) mass is 181 g/mol. The maximum absolute atomic E-state index is 11.4. The van der Waals surface area contributed by atoms with E-state index in [9.17, 15) is 4.79 Å². The van der Waals surface area contributed by atoms with Crippen molar-refractivity contribution >= 4 is 5.78 Å². The molecule has 0 N–H and O–H groups in total. The minimum Gasteiger partial charge on any atom is -0.379 e. The van der Waals surface area contributed by atoms with Gasteiger partial charge in [-0.15, -0.1) is 6.42 Å². The smallest absolute Gasteiger partial charge is 0.224 e. The van der Waals surface area contributed by atoms with Gasteiger partial charge in [-0.1, -0.05) is 0 Å². The Hall–Kier alpha value is -0.850. The number of hydrogen-bond donors (Lipinski definition) is 0. The number of hydrogen-bond acceptors (Lipinski definition) is 3. The molecule has 72 valence electrons. The predicted molar refractivity (Wildman–Crippen MR) is 50.3 cm³/mol. The molecule has 0 unspecified atom stereocenters. The minimum absolute atomic E-state index is 0.158. The average molecular weight is 181 g/mol. The molecule has 0 radical (unpaired) electrons. The molecule has 1 fully saturated rings. The van der Waals surface area contributed by atoms with Gasteiger partial charge in [-0.2, -0.15) is 0 Å².